The Kier molecular flexibility index (Phi) is 8.08. The number of nitrogens with one attached hydrogen (secondary N) is 3. The van der Waals surface area contributed by atoms with Crippen molar-refractivity contribution in [1.82, 2.24) is 15.4 Å². The SMILES string of the molecule is CCOc1ccc(S(=O)(=O)NCC(=O)NCC2=CCNCC2)cc1OCC. The minimum absolute atomic E-state index is 0.0169. The third-order valence-corrected chi connectivity index (χ3v) is 5.32. The highest BCUT2D eigenvalue weighted by Crippen LogP contribution is 2.30. The van der Waals surface area contributed by atoms with Crippen LogP contribution in [0, 0.1) is 0 Å². The van der Waals surface area contributed by atoms with E-state index in [-0.39, 0.29) is 17.3 Å². The van der Waals surface area contributed by atoms with E-state index in [0.717, 1.165) is 25.1 Å². The summed E-state index contributed by atoms with van der Waals surface area (Å²) < 4.78 is 38.1. The Bertz CT molecular complexity index is 777. The number of sulfonamides is 1. The van der Waals surface area contributed by atoms with E-state index in [4.69, 9.17) is 9.47 Å². The smallest absolute Gasteiger partial charge is 0.241 e. The number of benzene rings is 1. The molecule has 8 nitrogen and oxygen atoms in total. The zero-order chi connectivity index (χ0) is 19.7. The van der Waals surface area contributed by atoms with Gasteiger partial charge in [-0.15, -0.1) is 0 Å². The Morgan fingerprint density at radius 3 is 2.59 bits per heavy atom. The molecule has 1 aromatic carbocycles. The molecule has 0 spiro atoms. The summed E-state index contributed by atoms with van der Waals surface area (Å²) in [6.45, 7) is 6.23. The quantitative estimate of drug-likeness (QED) is 0.504. The van der Waals surface area contributed by atoms with Gasteiger partial charge in [0.2, 0.25) is 15.9 Å². The van der Waals surface area contributed by atoms with Crippen LogP contribution in [-0.4, -0.2) is 53.7 Å². The molecule has 0 saturated heterocycles. The molecule has 0 fully saturated rings. The summed E-state index contributed by atoms with van der Waals surface area (Å²) in [6.07, 6.45) is 2.90. The van der Waals surface area contributed by atoms with Gasteiger partial charge in [0, 0.05) is 19.2 Å². The van der Waals surface area contributed by atoms with Gasteiger partial charge in [0.25, 0.3) is 0 Å². The van der Waals surface area contributed by atoms with Crippen molar-refractivity contribution in [3.63, 3.8) is 0 Å². The Hall–Kier alpha value is -2.10. The van der Waals surface area contributed by atoms with Crippen LogP contribution in [0.2, 0.25) is 0 Å². The number of carbonyl (C=O) groups is 1. The van der Waals surface area contributed by atoms with Crippen LogP contribution in [0.15, 0.2) is 34.7 Å². The third-order valence-electron chi connectivity index (χ3n) is 3.92. The van der Waals surface area contributed by atoms with Gasteiger partial charge >= 0.3 is 0 Å². The van der Waals surface area contributed by atoms with Crippen molar-refractivity contribution >= 4 is 15.9 Å². The minimum atomic E-state index is -3.84. The molecule has 0 saturated carbocycles. The lowest BCUT2D eigenvalue weighted by molar-refractivity contribution is -0.119. The fraction of sp³-hybridized carbons (Fsp3) is 0.500. The first-order valence-corrected chi connectivity index (χ1v) is 10.5. The van der Waals surface area contributed by atoms with Crippen molar-refractivity contribution in [2.75, 3.05) is 39.4 Å². The Morgan fingerprint density at radius 1 is 1.19 bits per heavy atom. The first kappa shape index (κ1) is 21.2. The minimum Gasteiger partial charge on any atom is -0.490 e. The maximum atomic E-state index is 12.5. The lowest BCUT2D eigenvalue weighted by atomic mass is 10.1. The van der Waals surface area contributed by atoms with Crippen LogP contribution >= 0.6 is 0 Å². The molecule has 2 rings (SSSR count). The van der Waals surface area contributed by atoms with Gasteiger partial charge in [-0.2, -0.15) is 0 Å². The van der Waals surface area contributed by atoms with E-state index in [0.29, 0.717) is 31.3 Å². The molecule has 0 radical (unpaired) electrons. The average Bonchev–Trinajstić information content (AvgIpc) is 2.67. The maximum absolute atomic E-state index is 12.5. The lowest BCUT2D eigenvalue weighted by Crippen LogP contribution is -2.38. The van der Waals surface area contributed by atoms with Crippen LogP contribution in [0.3, 0.4) is 0 Å². The van der Waals surface area contributed by atoms with Crippen molar-refractivity contribution in [1.29, 1.82) is 0 Å². The first-order chi connectivity index (χ1) is 13.0. The number of amides is 1. The predicted octanol–water partition coefficient (Wildman–Crippen LogP) is 0.798. The van der Waals surface area contributed by atoms with Crippen molar-refractivity contribution in [3.05, 3.63) is 29.8 Å². The molecule has 150 valence electrons. The molecule has 0 unspecified atom stereocenters. The van der Waals surface area contributed by atoms with Crippen LogP contribution in [0.1, 0.15) is 20.3 Å². The largest absolute Gasteiger partial charge is 0.490 e. The molecule has 0 atom stereocenters. The summed E-state index contributed by atoms with van der Waals surface area (Å²) in [5.41, 5.74) is 1.14. The van der Waals surface area contributed by atoms with E-state index in [2.05, 4.69) is 15.4 Å². The highest BCUT2D eigenvalue weighted by Gasteiger charge is 2.18. The Balaban J connectivity index is 1.95. The summed E-state index contributed by atoms with van der Waals surface area (Å²) in [6, 6.07) is 4.37. The van der Waals surface area contributed by atoms with Gasteiger partial charge in [-0.05, 0) is 38.9 Å². The van der Waals surface area contributed by atoms with Crippen LogP contribution in [0.4, 0.5) is 0 Å². The zero-order valence-electron chi connectivity index (χ0n) is 15.7. The number of rotatable bonds is 10. The normalized spacial score (nSPS) is 14.4. The molecule has 0 bridgehead atoms. The van der Waals surface area contributed by atoms with Crippen LogP contribution in [-0.2, 0) is 14.8 Å². The molecular weight excluding hydrogens is 370 g/mol. The molecule has 1 amide bonds. The van der Waals surface area contributed by atoms with Gasteiger partial charge in [-0.1, -0.05) is 11.6 Å². The predicted molar refractivity (Wildman–Crippen MR) is 103 cm³/mol. The molecule has 1 aromatic rings. The van der Waals surface area contributed by atoms with Gasteiger partial charge in [0.15, 0.2) is 11.5 Å². The molecule has 1 heterocycles. The van der Waals surface area contributed by atoms with E-state index >= 15 is 0 Å². The fourth-order valence-corrected chi connectivity index (χ4v) is 3.54. The Morgan fingerprint density at radius 2 is 1.93 bits per heavy atom. The van der Waals surface area contributed by atoms with Crippen molar-refractivity contribution in [2.24, 2.45) is 0 Å². The molecule has 1 aliphatic heterocycles. The summed E-state index contributed by atoms with van der Waals surface area (Å²) in [5, 5.41) is 5.92. The fourth-order valence-electron chi connectivity index (χ4n) is 2.55. The van der Waals surface area contributed by atoms with Crippen LogP contribution in [0.25, 0.3) is 0 Å². The maximum Gasteiger partial charge on any atom is 0.241 e. The monoisotopic (exact) mass is 397 g/mol. The molecule has 9 heteroatoms. The summed E-state index contributed by atoms with van der Waals surface area (Å²) >= 11 is 0. The second-order valence-corrected chi connectivity index (χ2v) is 7.66. The summed E-state index contributed by atoms with van der Waals surface area (Å²) in [7, 11) is -3.84. The molecule has 0 aliphatic carbocycles. The lowest BCUT2D eigenvalue weighted by Gasteiger charge is -2.15. The van der Waals surface area contributed by atoms with Gasteiger partial charge in [-0.3, -0.25) is 4.79 Å². The number of hydrogen-bond donors (Lipinski definition) is 3. The molecule has 0 aromatic heterocycles. The van der Waals surface area contributed by atoms with Crippen LogP contribution in [0.5, 0.6) is 11.5 Å². The molecule has 3 N–H and O–H groups in total. The van der Waals surface area contributed by atoms with Crippen molar-refractivity contribution in [3.8, 4) is 11.5 Å². The van der Waals surface area contributed by atoms with E-state index in [9.17, 15) is 13.2 Å². The average molecular weight is 397 g/mol. The third kappa shape index (κ3) is 6.53. The Labute approximate surface area is 160 Å². The van der Waals surface area contributed by atoms with Gasteiger partial charge in [0.05, 0.1) is 24.7 Å². The van der Waals surface area contributed by atoms with Crippen LogP contribution < -0.4 is 24.8 Å². The summed E-state index contributed by atoms with van der Waals surface area (Å²) in [5.74, 6) is 0.449. The number of ether oxygens (including phenoxy) is 2. The molecule has 27 heavy (non-hydrogen) atoms. The van der Waals surface area contributed by atoms with E-state index in [1.807, 2.05) is 13.0 Å². The van der Waals surface area contributed by atoms with Gasteiger partial charge in [0.1, 0.15) is 0 Å². The highest BCUT2D eigenvalue weighted by molar-refractivity contribution is 7.89. The van der Waals surface area contributed by atoms with Gasteiger partial charge < -0.3 is 20.1 Å². The molecule has 1 aliphatic rings. The first-order valence-electron chi connectivity index (χ1n) is 9.01. The number of hydrogen-bond acceptors (Lipinski definition) is 6. The second kappa shape index (κ2) is 10.3. The highest BCUT2D eigenvalue weighted by atomic mass is 32.2. The van der Waals surface area contributed by atoms with E-state index < -0.39 is 10.0 Å². The zero-order valence-corrected chi connectivity index (χ0v) is 16.5. The standard InChI is InChI=1S/C18H27N3O5S/c1-3-25-16-6-5-15(11-17(16)26-4-2)27(23,24)21-13-18(22)20-12-14-7-9-19-10-8-14/h5-7,11,19,21H,3-4,8-10,12-13H2,1-2H3,(H,20,22). The van der Waals surface area contributed by atoms with E-state index in [1.54, 1.807) is 13.0 Å². The van der Waals surface area contributed by atoms with E-state index in [1.165, 1.54) is 12.1 Å². The van der Waals surface area contributed by atoms with Crippen molar-refractivity contribution in [2.45, 2.75) is 25.2 Å². The number of carbonyl (C=O) groups excluding carboxylic acids is 1. The van der Waals surface area contributed by atoms with Gasteiger partial charge in [-0.25, -0.2) is 13.1 Å². The topological polar surface area (TPSA) is 106 Å². The second-order valence-electron chi connectivity index (χ2n) is 5.89. The molecular formula is C18H27N3O5S. The van der Waals surface area contributed by atoms with Crippen molar-refractivity contribution < 1.29 is 22.7 Å². The summed E-state index contributed by atoms with van der Waals surface area (Å²) in [4.78, 5) is 12.0.